The lowest BCUT2D eigenvalue weighted by Gasteiger charge is -2.33. The third-order valence-corrected chi connectivity index (χ3v) is 3.52. The van der Waals surface area contributed by atoms with Gasteiger partial charge in [0, 0.05) is 0 Å². The number of nitrogens with two attached hydrogens (primary N) is 1. The molecule has 1 aliphatic rings. The molecule has 1 aliphatic carbocycles. The lowest BCUT2D eigenvalue weighted by atomic mass is 9.81. The molecular weight excluding hydrogens is 150 g/mol. The van der Waals surface area contributed by atoms with Crippen LogP contribution in [0.5, 0.6) is 0 Å². The van der Waals surface area contributed by atoms with Crippen LogP contribution in [0.15, 0.2) is 0 Å². The van der Waals surface area contributed by atoms with Crippen molar-refractivity contribution in [1.82, 2.24) is 0 Å². The van der Waals surface area contributed by atoms with Crippen molar-refractivity contribution < 1.29 is 5.11 Å². The standard InChI is InChI=1S/C10H21NO/c1-4-10(12,8(3)6-11)9-5-7(9)2/h7-9,12H,4-6,11H2,1-3H3. The number of aliphatic hydroxyl groups is 1. The van der Waals surface area contributed by atoms with E-state index in [0.29, 0.717) is 18.4 Å². The monoisotopic (exact) mass is 171 g/mol. The summed E-state index contributed by atoms with van der Waals surface area (Å²) in [7, 11) is 0. The SMILES string of the molecule is CCC(O)(C(C)CN)C1CC1C. The fourth-order valence-electron chi connectivity index (χ4n) is 2.20. The summed E-state index contributed by atoms with van der Waals surface area (Å²) < 4.78 is 0. The molecule has 0 spiro atoms. The first-order chi connectivity index (χ1) is 5.56. The van der Waals surface area contributed by atoms with Gasteiger partial charge in [0.1, 0.15) is 0 Å². The van der Waals surface area contributed by atoms with Gasteiger partial charge in [-0.1, -0.05) is 20.8 Å². The Labute approximate surface area is 75.2 Å². The van der Waals surface area contributed by atoms with Crippen molar-refractivity contribution in [2.75, 3.05) is 6.54 Å². The molecule has 4 unspecified atom stereocenters. The first-order valence-corrected chi connectivity index (χ1v) is 4.98. The fraction of sp³-hybridized carbons (Fsp3) is 1.00. The highest BCUT2D eigenvalue weighted by molar-refractivity contribution is 5.01. The van der Waals surface area contributed by atoms with E-state index in [-0.39, 0.29) is 5.92 Å². The molecule has 0 aromatic carbocycles. The molecule has 0 radical (unpaired) electrons. The minimum absolute atomic E-state index is 0.234. The van der Waals surface area contributed by atoms with Gasteiger partial charge in [0.2, 0.25) is 0 Å². The van der Waals surface area contributed by atoms with E-state index < -0.39 is 5.60 Å². The number of rotatable bonds is 4. The molecule has 12 heavy (non-hydrogen) atoms. The summed E-state index contributed by atoms with van der Waals surface area (Å²) in [4.78, 5) is 0. The van der Waals surface area contributed by atoms with Crippen LogP contribution < -0.4 is 5.73 Å². The van der Waals surface area contributed by atoms with Gasteiger partial charge >= 0.3 is 0 Å². The van der Waals surface area contributed by atoms with Crippen LogP contribution >= 0.6 is 0 Å². The van der Waals surface area contributed by atoms with Crippen LogP contribution in [0.4, 0.5) is 0 Å². The van der Waals surface area contributed by atoms with Gasteiger partial charge in [0.15, 0.2) is 0 Å². The third kappa shape index (κ3) is 1.50. The van der Waals surface area contributed by atoms with Crippen molar-refractivity contribution in [3.05, 3.63) is 0 Å². The molecule has 0 aromatic rings. The van der Waals surface area contributed by atoms with E-state index in [1.165, 1.54) is 6.42 Å². The Morgan fingerprint density at radius 3 is 2.42 bits per heavy atom. The van der Waals surface area contributed by atoms with Crippen molar-refractivity contribution in [3.63, 3.8) is 0 Å². The van der Waals surface area contributed by atoms with Crippen molar-refractivity contribution in [1.29, 1.82) is 0 Å². The molecule has 72 valence electrons. The van der Waals surface area contributed by atoms with Gasteiger partial charge in [-0.25, -0.2) is 0 Å². The van der Waals surface area contributed by atoms with Gasteiger partial charge in [-0.2, -0.15) is 0 Å². The summed E-state index contributed by atoms with van der Waals surface area (Å²) in [6, 6.07) is 0. The summed E-state index contributed by atoms with van der Waals surface area (Å²) in [5.41, 5.74) is 5.09. The molecule has 1 saturated carbocycles. The maximum atomic E-state index is 10.3. The summed E-state index contributed by atoms with van der Waals surface area (Å²) in [6.45, 7) is 6.90. The molecular formula is C10H21NO. The molecule has 1 fully saturated rings. The maximum Gasteiger partial charge on any atom is 0.0713 e. The predicted octanol–water partition coefficient (Wildman–Crippen LogP) is 1.38. The van der Waals surface area contributed by atoms with Crippen molar-refractivity contribution in [2.45, 2.75) is 39.2 Å². The third-order valence-electron chi connectivity index (χ3n) is 3.52. The van der Waals surface area contributed by atoms with E-state index in [0.717, 1.165) is 6.42 Å². The van der Waals surface area contributed by atoms with Crippen LogP contribution in [0.2, 0.25) is 0 Å². The Bertz CT molecular complexity index is 154. The van der Waals surface area contributed by atoms with Crippen LogP contribution in [-0.2, 0) is 0 Å². The molecule has 4 atom stereocenters. The highest BCUT2D eigenvalue weighted by atomic mass is 16.3. The minimum Gasteiger partial charge on any atom is -0.389 e. The predicted molar refractivity (Wildman–Crippen MR) is 50.7 cm³/mol. The zero-order valence-corrected chi connectivity index (χ0v) is 8.38. The number of hydrogen-bond acceptors (Lipinski definition) is 2. The second kappa shape index (κ2) is 3.35. The fourth-order valence-corrected chi connectivity index (χ4v) is 2.20. The Morgan fingerprint density at radius 2 is 2.17 bits per heavy atom. The highest BCUT2D eigenvalue weighted by Gasteiger charge is 2.50. The normalized spacial score (nSPS) is 35.8. The van der Waals surface area contributed by atoms with E-state index in [2.05, 4.69) is 20.8 Å². The van der Waals surface area contributed by atoms with E-state index in [1.807, 2.05) is 0 Å². The summed E-state index contributed by atoms with van der Waals surface area (Å²) >= 11 is 0. The van der Waals surface area contributed by atoms with Gasteiger partial charge < -0.3 is 10.8 Å². The Balaban J connectivity index is 2.62. The molecule has 1 rings (SSSR count). The number of hydrogen-bond donors (Lipinski definition) is 2. The van der Waals surface area contributed by atoms with E-state index in [1.54, 1.807) is 0 Å². The molecule has 0 saturated heterocycles. The van der Waals surface area contributed by atoms with Crippen molar-refractivity contribution in [3.8, 4) is 0 Å². The average molecular weight is 171 g/mol. The van der Waals surface area contributed by atoms with Crippen LogP contribution in [0.25, 0.3) is 0 Å². The molecule has 3 N–H and O–H groups in total. The summed E-state index contributed by atoms with van der Waals surface area (Å²) in [6.07, 6.45) is 2.01. The molecule has 0 amide bonds. The van der Waals surface area contributed by atoms with Gasteiger partial charge in [-0.15, -0.1) is 0 Å². The Morgan fingerprint density at radius 1 is 1.67 bits per heavy atom. The lowest BCUT2D eigenvalue weighted by Crippen LogP contribution is -2.42. The quantitative estimate of drug-likeness (QED) is 0.671. The van der Waals surface area contributed by atoms with Crippen LogP contribution in [0, 0.1) is 17.8 Å². The molecule has 0 heterocycles. The van der Waals surface area contributed by atoms with E-state index in [4.69, 9.17) is 5.73 Å². The lowest BCUT2D eigenvalue weighted by molar-refractivity contribution is -0.0368. The first-order valence-electron chi connectivity index (χ1n) is 4.98. The van der Waals surface area contributed by atoms with Crippen LogP contribution in [-0.4, -0.2) is 17.3 Å². The van der Waals surface area contributed by atoms with Gasteiger partial charge in [0.25, 0.3) is 0 Å². The second-order valence-corrected chi connectivity index (χ2v) is 4.30. The Hall–Kier alpha value is -0.0800. The van der Waals surface area contributed by atoms with Gasteiger partial charge in [0.05, 0.1) is 5.60 Å². The van der Waals surface area contributed by atoms with E-state index >= 15 is 0 Å². The minimum atomic E-state index is -0.492. The molecule has 2 heteroatoms. The van der Waals surface area contributed by atoms with Crippen molar-refractivity contribution in [2.24, 2.45) is 23.5 Å². The summed E-state index contributed by atoms with van der Waals surface area (Å²) in [5, 5.41) is 10.3. The zero-order valence-electron chi connectivity index (χ0n) is 8.38. The van der Waals surface area contributed by atoms with Crippen LogP contribution in [0.3, 0.4) is 0 Å². The van der Waals surface area contributed by atoms with E-state index in [9.17, 15) is 5.11 Å². The Kier molecular flexibility index (Phi) is 2.79. The zero-order chi connectivity index (χ0) is 9.35. The van der Waals surface area contributed by atoms with Crippen LogP contribution in [0.1, 0.15) is 33.6 Å². The second-order valence-electron chi connectivity index (χ2n) is 4.30. The largest absolute Gasteiger partial charge is 0.389 e. The average Bonchev–Trinajstić information content (AvgIpc) is 2.80. The first kappa shape index (κ1) is 10.0. The van der Waals surface area contributed by atoms with Gasteiger partial charge in [-0.3, -0.25) is 0 Å². The highest BCUT2D eigenvalue weighted by Crippen LogP contribution is 2.50. The molecule has 2 nitrogen and oxygen atoms in total. The molecule has 0 aromatic heterocycles. The van der Waals surface area contributed by atoms with Gasteiger partial charge in [-0.05, 0) is 37.1 Å². The molecule has 0 aliphatic heterocycles. The van der Waals surface area contributed by atoms with Crippen molar-refractivity contribution >= 4 is 0 Å². The topological polar surface area (TPSA) is 46.2 Å². The summed E-state index contributed by atoms with van der Waals surface area (Å²) in [5.74, 6) is 1.43. The molecule has 0 bridgehead atoms. The maximum absolute atomic E-state index is 10.3. The smallest absolute Gasteiger partial charge is 0.0713 e.